The van der Waals surface area contributed by atoms with E-state index in [0.29, 0.717) is 0 Å². The van der Waals surface area contributed by atoms with Gasteiger partial charge in [0.2, 0.25) is 0 Å². The van der Waals surface area contributed by atoms with Gasteiger partial charge in [-0.25, -0.2) is 0 Å². The number of ether oxygens (including phenoxy) is 1. The average Bonchev–Trinajstić information content (AvgIpc) is 2.17. The zero-order valence-electron chi connectivity index (χ0n) is 8.59. The Morgan fingerprint density at radius 2 is 2.29 bits per heavy atom. The molecule has 1 N–H and O–H groups in total. The number of benzene rings is 1. The van der Waals surface area contributed by atoms with E-state index < -0.39 is 0 Å². The summed E-state index contributed by atoms with van der Waals surface area (Å²) in [4.78, 5) is 0. The van der Waals surface area contributed by atoms with Crippen molar-refractivity contribution in [1.82, 2.24) is 5.32 Å². The molecule has 1 atom stereocenters. The summed E-state index contributed by atoms with van der Waals surface area (Å²) in [6.45, 7) is 3.59. The molecular weight excluding hydrogens is 242 g/mol. The maximum absolute atomic E-state index is 5.64. The van der Waals surface area contributed by atoms with E-state index >= 15 is 0 Å². The van der Waals surface area contributed by atoms with Crippen LogP contribution < -0.4 is 5.32 Å². The minimum absolute atomic E-state index is 0.141. The molecule has 0 aliphatic heterocycles. The van der Waals surface area contributed by atoms with Crippen molar-refractivity contribution in [3.8, 4) is 0 Å². The molecule has 3 heteroatoms. The summed E-state index contributed by atoms with van der Waals surface area (Å²) >= 11 is 3.46. The normalized spacial score (nSPS) is 12.8. The van der Waals surface area contributed by atoms with E-state index in [1.54, 1.807) is 0 Å². The van der Waals surface area contributed by atoms with Crippen LogP contribution in [-0.4, -0.2) is 20.2 Å². The summed E-state index contributed by atoms with van der Waals surface area (Å²) in [5.41, 5.74) is 1.20. The zero-order chi connectivity index (χ0) is 10.4. The molecule has 0 aliphatic rings. The molecule has 0 saturated heterocycles. The largest absolute Gasteiger partial charge is 0.372 e. The number of nitrogens with one attached hydrogen (secondary N) is 1. The Morgan fingerprint density at radius 1 is 1.50 bits per heavy atom. The lowest BCUT2D eigenvalue weighted by Gasteiger charge is -2.17. The van der Waals surface area contributed by atoms with Crippen molar-refractivity contribution < 1.29 is 4.74 Å². The van der Waals surface area contributed by atoms with Crippen LogP contribution >= 0.6 is 15.9 Å². The van der Waals surface area contributed by atoms with Gasteiger partial charge in [-0.2, -0.15) is 0 Å². The molecule has 0 spiro atoms. The fourth-order valence-electron chi connectivity index (χ4n) is 1.37. The molecule has 1 aromatic rings. The Morgan fingerprint density at radius 3 is 2.86 bits per heavy atom. The quantitative estimate of drug-likeness (QED) is 0.876. The van der Waals surface area contributed by atoms with Crippen molar-refractivity contribution in [2.24, 2.45) is 0 Å². The monoisotopic (exact) mass is 257 g/mol. The van der Waals surface area contributed by atoms with Gasteiger partial charge in [0, 0.05) is 17.6 Å². The van der Waals surface area contributed by atoms with Crippen LogP contribution in [0.1, 0.15) is 18.6 Å². The first-order chi connectivity index (χ1) is 6.77. The maximum Gasteiger partial charge on any atom is 0.0949 e. The first kappa shape index (κ1) is 11.7. The first-order valence-corrected chi connectivity index (χ1v) is 5.59. The third-order valence-electron chi connectivity index (χ3n) is 1.98. The van der Waals surface area contributed by atoms with Crippen LogP contribution in [0.3, 0.4) is 0 Å². The number of halogens is 1. The molecule has 0 radical (unpaired) electrons. The lowest BCUT2D eigenvalue weighted by atomic mass is 10.1. The molecule has 1 aromatic carbocycles. The van der Waals surface area contributed by atoms with Gasteiger partial charge < -0.3 is 10.1 Å². The van der Waals surface area contributed by atoms with Gasteiger partial charge in [-0.05, 0) is 31.7 Å². The number of hydrogen-bond acceptors (Lipinski definition) is 2. The number of likely N-dealkylation sites (N-methyl/N-ethyl adjacent to an activating group) is 1. The molecular formula is C11H16BrNO. The minimum Gasteiger partial charge on any atom is -0.372 e. The highest BCUT2D eigenvalue weighted by atomic mass is 79.9. The molecule has 0 fully saturated rings. The van der Waals surface area contributed by atoms with E-state index in [4.69, 9.17) is 4.74 Å². The molecule has 1 rings (SSSR count). The van der Waals surface area contributed by atoms with Crippen molar-refractivity contribution in [1.29, 1.82) is 0 Å². The van der Waals surface area contributed by atoms with E-state index in [0.717, 1.165) is 17.6 Å². The molecule has 14 heavy (non-hydrogen) atoms. The van der Waals surface area contributed by atoms with Crippen LogP contribution in [0, 0.1) is 0 Å². The van der Waals surface area contributed by atoms with Gasteiger partial charge in [-0.3, -0.25) is 0 Å². The van der Waals surface area contributed by atoms with Gasteiger partial charge in [0.15, 0.2) is 0 Å². The second-order valence-corrected chi connectivity index (χ2v) is 3.97. The Hall–Kier alpha value is -0.380. The molecule has 0 heterocycles. The Balaban J connectivity index is 2.75. The topological polar surface area (TPSA) is 21.3 Å². The Bertz CT molecular complexity index is 272. The summed E-state index contributed by atoms with van der Waals surface area (Å²) < 4.78 is 6.73. The average molecular weight is 258 g/mol. The lowest BCUT2D eigenvalue weighted by molar-refractivity contribution is 0.0637. The fourth-order valence-corrected chi connectivity index (χ4v) is 1.78. The van der Waals surface area contributed by atoms with Crippen LogP contribution in [0.15, 0.2) is 28.7 Å². The van der Waals surface area contributed by atoms with Crippen LogP contribution in [0.2, 0.25) is 0 Å². The summed E-state index contributed by atoms with van der Waals surface area (Å²) in [7, 11) is 1.93. The van der Waals surface area contributed by atoms with E-state index in [2.05, 4.69) is 33.4 Å². The lowest BCUT2D eigenvalue weighted by Crippen LogP contribution is -2.19. The standard InChI is InChI=1S/C11H16BrNO/c1-3-14-11(8-13-2)9-5-4-6-10(12)7-9/h4-7,11,13H,3,8H2,1-2H3. The van der Waals surface area contributed by atoms with Crippen LogP contribution in [0.5, 0.6) is 0 Å². The van der Waals surface area contributed by atoms with Gasteiger partial charge in [0.1, 0.15) is 0 Å². The van der Waals surface area contributed by atoms with Crippen molar-refractivity contribution in [2.45, 2.75) is 13.0 Å². The van der Waals surface area contributed by atoms with Crippen molar-refractivity contribution in [2.75, 3.05) is 20.2 Å². The molecule has 0 aromatic heterocycles. The molecule has 0 amide bonds. The highest BCUT2D eigenvalue weighted by molar-refractivity contribution is 9.10. The fraction of sp³-hybridized carbons (Fsp3) is 0.455. The highest BCUT2D eigenvalue weighted by Gasteiger charge is 2.09. The van der Waals surface area contributed by atoms with E-state index in [1.165, 1.54) is 5.56 Å². The minimum atomic E-state index is 0.141. The van der Waals surface area contributed by atoms with Gasteiger partial charge in [0.25, 0.3) is 0 Å². The summed E-state index contributed by atoms with van der Waals surface area (Å²) in [6.07, 6.45) is 0.141. The van der Waals surface area contributed by atoms with Crippen LogP contribution in [-0.2, 0) is 4.74 Å². The van der Waals surface area contributed by atoms with Crippen LogP contribution in [0.4, 0.5) is 0 Å². The van der Waals surface area contributed by atoms with Crippen molar-refractivity contribution in [3.63, 3.8) is 0 Å². The van der Waals surface area contributed by atoms with E-state index in [-0.39, 0.29) is 6.10 Å². The smallest absolute Gasteiger partial charge is 0.0949 e. The summed E-state index contributed by atoms with van der Waals surface area (Å²) in [6, 6.07) is 8.23. The molecule has 1 unspecified atom stereocenters. The third kappa shape index (κ3) is 3.40. The predicted octanol–water partition coefficient (Wildman–Crippen LogP) is 2.75. The first-order valence-electron chi connectivity index (χ1n) is 4.79. The highest BCUT2D eigenvalue weighted by Crippen LogP contribution is 2.20. The SMILES string of the molecule is CCOC(CNC)c1cccc(Br)c1. The summed E-state index contributed by atoms with van der Waals surface area (Å²) in [5, 5.41) is 3.13. The van der Waals surface area contributed by atoms with Gasteiger partial charge in [-0.15, -0.1) is 0 Å². The number of rotatable bonds is 5. The molecule has 0 saturated carbocycles. The van der Waals surface area contributed by atoms with Crippen molar-refractivity contribution in [3.05, 3.63) is 34.3 Å². The molecule has 78 valence electrons. The summed E-state index contributed by atoms with van der Waals surface area (Å²) in [5.74, 6) is 0. The van der Waals surface area contributed by atoms with E-state index in [1.807, 2.05) is 26.1 Å². The van der Waals surface area contributed by atoms with Crippen molar-refractivity contribution >= 4 is 15.9 Å². The van der Waals surface area contributed by atoms with Gasteiger partial charge in [-0.1, -0.05) is 28.1 Å². The van der Waals surface area contributed by atoms with E-state index in [9.17, 15) is 0 Å². The third-order valence-corrected chi connectivity index (χ3v) is 2.47. The maximum atomic E-state index is 5.64. The number of hydrogen-bond donors (Lipinski definition) is 1. The van der Waals surface area contributed by atoms with Crippen LogP contribution in [0.25, 0.3) is 0 Å². The van der Waals surface area contributed by atoms with Gasteiger partial charge >= 0.3 is 0 Å². The molecule has 2 nitrogen and oxygen atoms in total. The Kier molecular flexibility index (Phi) is 5.15. The second-order valence-electron chi connectivity index (χ2n) is 3.06. The zero-order valence-corrected chi connectivity index (χ0v) is 10.2. The van der Waals surface area contributed by atoms with Gasteiger partial charge in [0.05, 0.1) is 6.10 Å². The predicted molar refractivity (Wildman–Crippen MR) is 62.4 cm³/mol. The second kappa shape index (κ2) is 6.17. The molecule has 0 aliphatic carbocycles. The Labute approximate surface area is 93.8 Å². The molecule has 0 bridgehead atoms.